The van der Waals surface area contributed by atoms with Gasteiger partial charge in [0.05, 0.1) is 6.04 Å². The van der Waals surface area contributed by atoms with E-state index in [0.29, 0.717) is 27.9 Å². The van der Waals surface area contributed by atoms with Crippen LogP contribution in [-0.2, 0) is 0 Å². The fourth-order valence-electron chi connectivity index (χ4n) is 1.96. The Morgan fingerprint density at radius 1 is 1.14 bits per heavy atom. The lowest BCUT2D eigenvalue weighted by Crippen LogP contribution is -2.09. The van der Waals surface area contributed by atoms with Crippen LogP contribution in [0.25, 0.3) is 0 Å². The number of hydrogen-bond donors (Lipinski definition) is 2. The van der Waals surface area contributed by atoms with E-state index in [2.05, 4.69) is 5.32 Å². The second-order valence-electron chi connectivity index (χ2n) is 4.45. The molecule has 1 unspecified atom stereocenters. The van der Waals surface area contributed by atoms with Crippen LogP contribution in [0.1, 0.15) is 18.5 Å². The topological polar surface area (TPSA) is 32.3 Å². The van der Waals surface area contributed by atoms with Gasteiger partial charge in [-0.3, -0.25) is 0 Å². The standard InChI is InChI=1S/C15H14F3NOS/c1-9(11-7-6-10(20)8-12(11)16)19-13-4-2-3-5-14(13)21-15(17)18/h2-9,15,19-20H,1H3. The summed E-state index contributed by atoms with van der Waals surface area (Å²) < 4.78 is 38.8. The van der Waals surface area contributed by atoms with Crippen molar-refractivity contribution in [2.45, 2.75) is 23.6 Å². The molecule has 0 saturated heterocycles. The predicted molar refractivity (Wildman–Crippen MR) is 78.4 cm³/mol. The maximum absolute atomic E-state index is 13.8. The van der Waals surface area contributed by atoms with E-state index in [-0.39, 0.29) is 5.75 Å². The smallest absolute Gasteiger partial charge is 0.288 e. The summed E-state index contributed by atoms with van der Waals surface area (Å²) in [5.41, 5.74) is 0.868. The van der Waals surface area contributed by atoms with Gasteiger partial charge >= 0.3 is 0 Å². The molecule has 2 N–H and O–H groups in total. The lowest BCUT2D eigenvalue weighted by Gasteiger charge is -2.18. The molecule has 21 heavy (non-hydrogen) atoms. The molecule has 0 aliphatic heterocycles. The number of rotatable bonds is 5. The molecule has 112 valence electrons. The number of aromatic hydroxyl groups is 1. The highest BCUT2D eigenvalue weighted by Gasteiger charge is 2.15. The molecule has 0 spiro atoms. The maximum atomic E-state index is 13.8. The average molecular weight is 313 g/mol. The third-order valence-electron chi connectivity index (χ3n) is 2.93. The van der Waals surface area contributed by atoms with Crippen molar-refractivity contribution in [2.24, 2.45) is 0 Å². The van der Waals surface area contributed by atoms with Crippen LogP contribution < -0.4 is 5.32 Å². The zero-order chi connectivity index (χ0) is 15.4. The van der Waals surface area contributed by atoms with Crippen LogP contribution in [-0.4, -0.2) is 10.9 Å². The van der Waals surface area contributed by atoms with Gasteiger partial charge in [0.2, 0.25) is 0 Å². The number of benzene rings is 2. The van der Waals surface area contributed by atoms with Crippen molar-refractivity contribution in [3.8, 4) is 5.75 Å². The number of thioether (sulfide) groups is 1. The van der Waals surface area contributed by atoms with Crippen LogP contribution in [0.3, 0.4) is 0 Å². The minimum atomic E-state index is -2.52. The minimum Gasteiger partial charge on any atom is -0.508 e. The Kier molecular flexibility index (Phi) is 5.01. The van der Waals surface area contributed by atoms with E-state index >= 15 is 0 Å². The van der Waals surface area contributed by atoms with Crippen LogP contribution in [0, 0.1) is 5.82 Å². The van der Waals surface area contributed by atoms with E-state index in [1.54, 1.807) is 31.2 Å². The van der Waals surface area contributed by atoms with Crippen molar-refractivity contribution in [3.63, 3.8) is 0 Å². The van der Waals surface area contributed by atoms with Gasteiger partial charge in [-0.1, -0.05) is 30.0 Å². The van der Waals surface area contributed by atoms with Gasteiger partial charge in [0, 0.05) is 22.2 Å². The van der Waals surface area contributed by atoms with E-state index in [9.17, 15) is 18.3 Å². The quantitative estimate of drug-likeness (QED) is 0.760. The van der Waals surface area contributed by atoms with Gasteiger partial charge in [0.15, 0.2) is 0 Å². The first-order valence-electron chi connectivity index (χ1n) is 6.26. The van der Waals surface area contributed by atoms with Crippen molar-refractivity contribution < 1.29 is 18.3 Å². The summed E-state index contributed by atoms with van der Waals surface area (Å²) in [4.78, 5) is 0.401. The Morgan fingerprint density at radius 3 is 2.52 bits per heavy atom. The van der Waals surface area contributed by atoms with Gasteiger partial charge in [-0.2, -0.15) is 8.78 Å². The van der Waals surface area contributed by atoms with Crippen LogP contribution >= 0.6 is 11.8 Å². The van der Waals surface area contributed by atoms with Crippen molar-refractivity contribution in [2.75, 3.05) is 5.32 Å². The molecule has 2 aromatic rings. The molecular formula is C15H14F3NOS. The molecule has 1 atom stereocenters. The summed E-state index contributed by atoms with van der Waals surface area (Å²) in [7, 11) is 0. The number of para-hydroxylation sites is 1. The minimum absolute atomic E-state index is 0.155. The molecule has 0 bridgehead atoms. The zero-order valence-electron chi connectivity index (χ0n) is 11.2. The summed E-state index contributed by atoms with van der Waals surface area (Å²) in [5, 5.41) is 12.2. The summed E-state index contributed by atoms with van der Waals surface area (Å²) >= 11 is 0.439. The Labute approximate surface area is 125 Å². The van der Waals surface area contributed by atoms with Gasteiger partial charge in [-0.05, 0) is 25.1 Å². The Bertz CT molecular complexity index is 622. The van der Waals surface area contributed by atoms with Crippen molar-refractivity contribution in [1.82, 2.24) is 0 Å². The van der Waals surface area contributed by atoms with E-state index in [0.717, 1.165) is 6.07 Å². The van der Waals surface area contributed by atoms with E-state index in [1.807, 2.05) is 0 Å². The largest absolute Gasteiger partial charge is 0.508 e. The maximum Gasteiger partial charge on any atom is 0.288 e. The fourth-order valence-corrected chi connectivity index (χ4v) is 2.57. The molecule has 0 aromatic heterocycles. The van der Waals surface area contributed by atoms with E-state index in [4.69, 9.17) is 0 Å². The Morgan fingerprint density at radius 2 is 1.86 bits per heavy atom. The third kappa shape index (κ3) is 4.07. The van der Waals surface area contributed by atoms with Crippen molar-refractivity contribution in [3.05, 3.63) is 53.8 Å². The van der Waals surface area contributed by atoms with Crippen LogP contribution in [0.2, 0.25) is 0 Å². The molecule has 2 nitrogen and oxygen atoms in total. The number of halogens is 3. The van der Waals surface area contributed by atoms with Gasteiger partial charge in [-0.15, -0.1) is 0 Å². The SMILES string of the molecule is CC(Nc1ccccc1SC(F)F)c1ccc(O)cc1F. The molecule has 0 aliphatic carbocycles. The summed E-state index contributed by atoms with van der Waals surface area (Å²) in [6, 6.07) is 10.1. The molecule has 6 heteroatoms. The van der Waals surface area contributed by atoms with Crippen LogP contribution in [0.15, 0.2) is 47.4 Å². The van der Waals surface area contributed by atoms with Gasteiger partial charge in [0.1, 0.15) is 11.6 Å². The lowest BCUT2D eigenvalue weighted by molar-refractivity contribution is 0.252. The van der Waals surface area contributed by atoms with Crippen LogP contribution in [0.5, 0.6) is 5.75 Å². The fraction of sp³-hybridized carbons (Fsp3) is 0.200. The average Bonchev–Trinajstić information content (AvgIpc) is 2.40. The van der Waals surface area contributed by atoms with Crippen molar-refractivity contribution >= 4 is 17.4 Å². The summed E-state index contributed by atoms with van der Waals surface area (Å²) in [6.07, 6.45) is 0. The van der Waals surface area contributed by atoms with Crippen LogP contribution in [0.4, 0.5) is 18.9 Å². The van der Waals surface area contributed by atoms with E-state index < -0.39 is 17.6 Å². The molecule has 0 heterocycles. The normalized spacial score (nSPS) is 12.4. The Hall–Kier alpha value is -1.82. The van der Waals surface area contributed by atoms with Gasteiger partial charge < -0.3 is 10.4 Å². The highest BCUT2D eigenvalue weighted by Crippen LogP contribution is 2.34. The number of alkyl halides is 2. The molecule has 0 saturated carbocycles. The second-order valence-corrected chi connectivity index (χ2v) is 5.48. The number of anilines is 1. The molecule has 0 amide bonds. The third-order valence-corrected chi connectivity index (χ3v) is 3.71. The monoisotopic (exact) mass is 313 g/mol. The first-order chi connectivity index (χ1) is 9.97. The Balaban J connectivity index is 2.21. The van der Waals surface area contributed by atoms with E-state index in [1.165, 1.54) is 12.1 Å². The van der Waals surface area contributed by atoms with Gasteiger partial charge in [-0.25, -0.2) is 4.39 Å². The highest BCUT2D eigenvalue weighted by atomic mass is 32.2. The predicted octanol–water partition coefficient (Wildman–Crippen LogP) is 5.02. The molecular weight excluding hydrogens is 299 g/mol. The summed E-state index contributed by atoms with van der Waals surface area (Å²) in [6.45, 7) is 1.72. The summed E-state index contributed by atoms with van der Waals surface area (Å²) in [5.74, 6) is -3.22. The molecule has 2 rings (SSSR count). The first-order valence-corrected chi connectivity index (χ1v) is 7.14. The second kappa shape index (κ2) is 6.76. The molecule has 0 radical (unpaired) electrons. The number of phenolic OH excluding ortho intramolecular Hbond substituents is 1. The lowest BCUT2D eigenvalue weighted by atomic mass is 10.1. The highest BCUT2D eigenvalue weighted by molar-refractivity contribution is 7.99. The van der Waals surface area contributed by atoms with Gasteiger partial charge in [0.25, 0.3) is 5.76 Å². The zero-order valence-corrected chi connectivity index (χ0v) is 12.0. The first kappa shape index (κ1) is 15.6. The molecule has 2 aromatic carbocycles. The molecule has 0 aliphatic rings. The number of nitrogens with one attached hydrogen (secondary N) is 1. The number of hydrogen-bond acceptors (Lipinski definition) is 3. The molecule has 0 fully saturated rings. The number of phenols is 1. The van der Waals surface area contributed by atoms with Crippen molar-refractivity contribution in [1.29, 1.82) is 0 Å².